The van der Waals surface area contributed by atoms with Crippen molar-refractivity contribution < 1.29 is 33.3 Å². The maximum Gasteiger partial charge on any atom is 0.241 e. The molecule has 0 saturated carbocycles. The highest BCUT2D eigenvalue weighted by molar-refractivity contribution is 5.94. The van der Waals surface area contributed by atoms with Gasteiger partial charge in [-0.15, -0.1) is 0 Å². The number of hydrogen-bond acceptors (Lipinski definition) is 9. The highest BCUT2D eigenvalue weighted by Crippen LogP contribution is 2.38. The fraction of sp³-hybridized carbons (Fsp3) is 0.324. The molecule has 252 valence electrons. The predicted molar refractivity (Wildman–Crippen MR) is 184 cm³/mol. The molecular formula is C37H42N4O7. The van der Waals surface area contributed by atoms with Gasteiger partial charge in [-0.1, -0.05) is 6.08 Å². The van der Waals surface area contributed by atoms with Crippen molar-refractivity contribution in [3.05, 3.63) is 94.2 Å². The minimum Gasteiger partial charge on any atom is -0.493 e. The fourth-order valence-electron chi connectivity index (χ4n) is 5.78. The second-order valence-corrected chi connectivity index (χ2v) is 11.8. The Morgan fingerprint density at radius 2 is 1.67 bits per heavy atom. The van der Waals surface area contributed by atoms with Crippen LogP contribution in [0.4, 0.5) is 11.4 Å². The van der Waals surface area contributed by atoms with Gasteiger partial charge in [-0.05, 0) is 105 Å². The average molecular weight is 655 g/mol. The Labute approximate surface area is 280 Å². The number of nitrogens with one attached hydrogen (secondary N) is 3. The molecule has 1 heterocycles. The highest BCUT2D eigenvalue weighted by atomic mass is 16.5. The summed E-state index contributed by atoms with van der Waals surface area (Å²) in [5.41, 5.74) is 6.66. The maximum absolute atomic E-state index is 12.8. The van der Waals surface area contributed by atoms with Crippen LogP contribution in [-0.2, 0) is 22.8 Å². The second-order valence-electron chi connectivity index (χ2n) is 11.8. The van der Waals surface area contributed by atoms with E-state index in [-0.39, 0.29) is 25.3 Å². The van der Waals surface area contributed by atoms with Crippen LogP contribution in [-0.4, -0.2) is 57.0 Å². The van der Waals surface area contributed by atoms with Gasteiger partial charge in [0.2, 0.25) is 12.3 Å². The second kappa shape index (κ2) is 15.5. The highest BCUT2D eigenvalue weighted by Gasteiger charge is 2.31. The Kier molecular flexibility index (Phi) is 11.0. The van der Waals surface area contributed by atoms with Crippen LogP contribution in [0.25, 0.3) is 0 Å². The van der Waals surface area contributed by atoms with Gasteiger partial charge in [0, 0.05) is 35.1 Å². The van der Waals surface area contributed by atoms with Crippen molar-refractivity contribution >= 4 is 30.0 Å². The molecule has 0 radical (unpaired) electrons. The number of benzene rings is 3. The first-order chi connectivity index (χ1) is 23.3. The fourth-order valence-corrected chi connectivity index (χ4v) is 5.78. The molecule has 0 saturated heterocycles. The first kappa shape index (κ1) is 34.1. The molecule has 11 nitrogen and oxygen atoms in total. The lowest BCUT2D eigenvalue weighted by Crippen LogP contribution is -2.35. The zero-order valence-electron chi connectivity index (χ0n) is 27.9. The topological polar surface area (TPSA) is 127 Å². The summed E-state index contributed by atoms with van der Waals surface area (Å²) in [6.07, 6.45) is 8.23. The summed E-state index contributed by atoms with van der Waals surface area (Å²) in [4.78, 5) is 37.8. The van der Waals surface area contributed by atoms with E-state index in [1.807, 2.05) is 43.3 Å². The van der Waals surface area contributed by atoms with Crippen LogP contribution >= 0.6 is 0 Å². The van der Waals surface area contributed by atoms with Crippen LogP contribution in [0.15, 0.2) is 72.0 Å². The van der Waals surface area contributed by atoms with Gasteiger partial charge in [-0.2, -0.15) is 0 Å². The van der Waals surface area contributed by atoms with Crippen LogP contribution in [0.5, 0.6) is 23.0 Å². The van der Waals surface area contributed by atoms with Crippen molar-refractivity contribution in [2.45, 2.75) is 58.5 Å². The number of carbonyl (C=O) groups excluding carboxylic acids is 3. The molecule has 0 spiro atoms. The SMILES string of the molecule is CNC(C)C(=O)Nc1cc(COc2ccc(C=O)cc2OC)cc(COc2cc(N[C@@H]3CC4=C(C=CCC4)N3C=O)c(C)cc2OC)c1. The van der Waals surface area contributed by atoms with Crippen LogP contribution in [0, 0.1) is 6.92 Å². The van der Waals surface area contributed by atoms with Crippen molar-refractivity contribution in [3.63, 3.8) is 0 Å². The Balaban J connectivity index is 1.37. The molecule has 1 aliphatic heterocycles. The van der Waals surface area contributed by atoms with E-state index in [2.05, 4.69) is 22.0 Å². The number of amides is 2. The summed E-state index contributed by atoms with van der Waals surface area (Å²) >= 11 is 0. The molecule has 2 aliphatic rings. The average Bonchev–Trinajstić information content (AvgIpc) is 3.47. The van der Waals surface area contributed by atoms with E-state index in [4.69, 9.17) is 18.9 Å². The molecule has 11 heteroatoms. The predicted octanol–water partition coefficient (Wildman–Crippen LogP) is 5.73. The number of aryl methyl sites for hydroxylation is 1. The molecule has 1 unspecified atom stereocenters. The molecular weight excluding hydrogens is 612 g/mol. The number of hydrogen-bond donors (Lipinski definition) is 3. The van der Waals surface area contributed by atoms with Gasteiger partial charge in [0.25, 0.3) is 0 Å². The number of aldehydes is 1. The summed E-state index contributed by atoms with van der Waals surface area (Å²) in [5, 5.41) is 9.46. The zero-order valence-corrected chi connectivity index (χ0v) is 27.9. The monoisotopic (exact) mass is 654 g/mol. The van der Waals surface area contributed by atoms with Gasteiger partial charge in [0.15, 0.2) is 23.0 Å². The standard InChI is InChI=1S/C37H42N4O7/c1-23-12-33(45-4)35(18-30(23)40-36-17-28-8-6-7-9-31(28)41(36)22-43)48-21-27-13-26(14-29(15-27)39-37(44)24(2)38-3)20-47-32-11-10-25(19-42)16-34(32)46-5/h7,9-16,18-19,22,24,36,38,40H,6,8,17,20-21H2,1-5H3,(H,39,44)/t24?,36-/m0/s1. The Bertz CT molecular complexity index is 1730. The van der Waals surface area contributed by atoms with Crippen LogP contribution in [0.3, 0.4) is 0 Å². The summed E-state index contributed by atoms with van der Waals surface area (Å²) < 4.78 is 23.5. The lowest BCUT2D eigenvalue weighted by molar-refractivity contribution is -0.118. The number of nitrogens with zero attached hydrogens (tertiary/aromatic N) is 1. The van der Waals surface area contributed by atoms with Crippen molar-refractivity contribution in [2.24, 2.45) is 0 Å². The quantitative estimate of drug-likeness (QED) is 0.176. The molecule has 3 aromatic carbocycles. The Hall–Kier alpha value is -5.29. The lowest BCUT2D eigenvalue weighted by Gasteiger charge is -2.26. The van der Waals surface area contributed by atoms with Crippen molar-refractivity contribution in [1.29, 1.82) is 0 Å². The van der Waals surface area contributed by atoms with E-state index >= 15 is 0 Å². The molecule has 5 rings (SSSR count). The molecule has 1 aliphatic carbocycles. The third-order valence-corrected chi connectivity index (χ3v) is 8.51. The smallest absolute Gasteiger partial charge is 0.241 e. The maximum atomic E-state index is 12.8. The van der Waals surface area contributed by atoms with Crippen LogP contribution in [0.2, 0.25) is 0 Å². The van der Waals surface area contributed by atoms with E-state index in [1.165, 1.54) is 12.7 Å². The number of rotatable bonds is 15. The molecule has 48 heavy (non-hydrogen) atoms. The Morgan fingerprint density at radius 1 is 0.958 bits per heavy atom. The van der Waals surface area contributed by atoms with Gasteiger partial charge in [0.05, 0.1) is 20.3 Å². The summed E-state index contributed by atoms with van der Waals surface area (Å²) in [7, 11) is 4.83. The van der Waals surface area contributed by atoms with Gasteiger partial charge in [-0.25, -0.2) is 0 Å². The minimum atomic E-state index is -0.403. The summed E-state index contributed by atoms with van der Waals surface area (Å²) in [6.45, 7) is 4.09. The third-order valence-electron chi connectivity index (χ3n) is 8.51. The van der Waals surface area contributed by atoms with Crippen LogP contribution < -0.4 is 34.9 Å². The van der Waals surface area contributed by atoms with E-state index < -0.39 is 6.04 Å². The van der Waals surface area contributed by atoms with Crippen molar-refractivity contribution in [2.75, 3.05) is 31.9 Å². The molecule has 3 aromatic rings. The largest absolute Gasteiger partial charge is 0.493 e. The van der Waals surface area contributed by atoms with Crippen molar-refractivity contribution in [3.8, 4) is 23.0 Å². The number of ether oxygens (including phenoxy) is 4. The van der Waals surface area contributed by atoms with Gasteiger partial charge < -0.3 is 34.9 Å². The minimum absolute atomic E-state index is 0.166. The van der Waals surface area contributed by atoms with E-state index in [9.17, 15) is 14.4 Å². The van der Waals surface area contributed by atoms with E-state index in [0.29, 0.717) is 34.2 Å². The number of carbonyl (C=O) groups is 3. The van der Waals surface area contributed by atoms with Crippen molar-refractivity contribution in [1.82, 2.24) is 10.2 Å². The van der Waals surface area contributed by atoms with Crippen LogP contribution in [0.1, 0.15) is 53.2 Å². The molecule has 2 amide bonds. The molecule has 0 aromatic heterocycles. The number of anilines is 2. The summed E-state index contributed by atoms with van der Waals surface area (Å²) in [5.74, 6) is 1.82. The third kappa shape index (κ3) is 7.80. The van der Waals surface area contributed by atoms with Gasteiger partial charge in [-0.3, -0.25) is 19.3 Å². The van der Waals surface area contributed by atoms with E-state index in [1.54, 1.807) is 44.2 Å². The number of likely N-dealkylation sites (N-methyl/N-ethyl adjacent to an activating group) is 1. The molecule has 2 atom stereocenters. The van der Waals surface area contributed by atoms with E-state index in [0.717, 1.165) is 60.0 Å². The number of allylic oxidation sites excluding steroid dienone is 2. The first-order valence-corrected chi connectivity index (χ1v) is 15.8. The molecule has 3 N–H and O–H groups in total. The first-order valence-electron chi connectivity index (χ1n) is 15.8. The lowest BCUT2D eigenvalue weighted by atomic mass is 10.0. The zero-order chi connectivity index (χ0) is 34.2. The molecule has 0 bridgehead atoms. The number of methoxy groups -OCH3 is 2. The van der Waals surface area contributed by atoms with Gasteiger partial charge >= 0.3 is 0 Å². The Morgan fingerprint density at radius 3 is 2.33 bits per heavy atom. The van der Waals surface area contributed by atoms with Gasteiger partial charge in [0.1, 0.15) is 25.7 Å². The summed E-state index contributed by atoms with van der Waals surface area (Å²) in [6, 6.07) is 14.0. The molecule has 0 fully saturated rings. The normalized spacial score (nSPS) is 15.8.